The highest BCUT2D eigenvalue weighted by atomic mass is 35.5. The molecule has 2 heterocycles. The fourth-order valence-electron chi connectivity index (χ4n) is 4.19. The first-order valence-corrected chi connectivity index (χ1v) is 10.7. The van der Waals surface area contributed by atoms with Gasteiger partial charge in [0.15, 0.2) is 0 Å². The van der Waals surface area contributed by atoms with Crippen molar-refractivity contribution in [1.29, 1.82) is 0 Å². The maximum Gasteiger partial charge on any atom is 0.295 e. The molecule has 0 aliphatic carbocycles. The van der Waals surface area contributed by atoms with E-state index in [9.17, 15) is 14.7 Å². The van der Waals surface area contributed by atoms with Crippen LogP contribution in [0.2, 0.25) is 5.02 Å². The van der Waals surface area contributed by atoms with Crippen molar-refractivity contribution in [3.63, 3.8) is 0 Å². The number of halogens is 1. The number of benzene rings is 2. The van der Waals surface area contributed by atoms with Gasteiger partial charge in [-0.25, -0.2) is 0 Å². The number of hydrogen-bond donors (Lipinski definition) is 1. The Balaban J connectivity index is 1.87. The van der Waals surface area contributed by atoms with Crippen LogP contribution in [-0.4, -0.2) is 55.2 Å². The van der Waals surface area contributed by atoms with Gasteiger partial charge < -0.3 is 24.2 Å². The van der Waals surface area contributed by atoms with E-state index in [1.165, 1.54) is 18.1 Å². The number of aliphatic hydroxyl groups excluding tert-OH is 1. The Morgan fingerprint density at radius 1 is 1.16 bits per heavy atom. The van der Waals surface area contributed by atoms with Gasteiger partial charge >= 0.3 is 0 Å². The summed E-state index contributed by atoms with van der Waals surface area (Å²) >= 11 is 6.33. The number of amides is 1. The molecule has 2 fully saturated rings. The molecule has 0 spiro atoms. The minimum Gasteiger partial charge on any atom is -0.507 e. The molecule has 2 aromatic rings. The molecule has 2 aliphatic heterocycles. The molecule has 8 heteroatoms. The van der Waals surface area contributed by atoms with E-state index in [1.54, 1.807) is 43.5 Å². The molecule has 4 rings (SSSR count). The van der Waals surface area contributed by atoms with E-state index >= 15 is 0 Å². The van der Waals surface area contributed by atoms with Gasteiger partial charge in [0, 0.05) is 18.7 Å². The lowest BCUT2D eigenvalue weighted by molar-refractivity contribution is -0.140. The van der Waals surface area contributed by atoms with E-state index < -0.39 is 17.7 Å². The van der Waals surface area contributed by atoms with E-state index in [1.807, 2.05) is 0 Å². The first-order chi connectivity index (χ1) is 15.4. The third kappa shape index (κ3) is 4.06. The number of nitrogens with zero attached hydrogens (tertiary/aromatic N) is 1. The average molecular weight is 458 g/mol. The van der Waals surface area contributed by atoms with Crippen LogP contribution in [0.25, 0.3) is 5.76 Å². The number of methoxy groups -OCH3 is 2. The molecule has 0 saturated carbocycles. The second-order valence-corrected chi connectivity index (χ2v) is 8.12. The van der Waals surface area contributed by atoms with Crippen LogP contribution in [0.5, 0.6) is 11.5 Å². The monoisotopic (exact) mass is 457 g/mol. The SMILES string of the molecule is COc1cccc(C2/C(=C(\O)c3cc(OC)ccc3Cl)C(=O)C(=O)N2CC2CCCO2)c1. The summed E-state index contributed by atoms with van der Waals surface area (Å²) in [5.74, 6) is -0.775. The average Bonchev–Trinajstić information content (AvgIpc) is 3.41. The topological polar surface area (TPSA) is 85.3 Å². The third-order valence-corrected chi connectivity index (χ3v) is 6.13. The quantitative estimate of drug-likeness (QED) is 0.401. The lowest BCUT2D eigenvalue weighted by atomic mass is 9.95. The number of rotatable bonds is 6. The molecule has 0 bridgehead atoms. The number of carbonyl (C=O) groups is 2. The van der Waals surface area contributed by atoms with Gasteiger partial charge in [0.25, 0.3) is 11.7 Å². The number of Topliss-reactive ketones (excluding diaryl/α,β-unsaturated/α-hetero) is 1. The lowest BCUT2D eigenvalue weighted by Crippen LogP contribution is -2.36. The minimum absolute atomic E-state index is 0.0311. The number of aliphatic hydroxyl groups is 1. The molecular weight excluding hydrogens is 434 g/mol. The van der Waals surface area contributed by atoms with Crippen LogP contribution in [0.15, 0.2) is 48.0 Å². The molecule has 2 atom stereocenters. The van der Waals surface area contributed by atoms with Gasteiger partial charge in [-0.1, -0.05) is 23.7 Å². The predicted octanol–water partition coefficient (Wildman–Crippen LogP) is 3.96. The Kier molecular flexibility index (Phi) is 6.39. The van der Waals surface area contributed by atoms with Crippen LogP contribution in [0.1, 0.15) is 30.0 Å². The molecule has 0 radical (unpaired) electrons. The molecule has 2 aromatic carbocycles. The molecule has 7 nitrogen and oxygen atoms in total. The van der Waals surface area contributed by atoms with Gasteiger partial charge in [0.05, 0.1) is 37.0 Å². The van der Waals surface area contributed by atoms with E-state index in [4.69, 9.17) is 25.8 Å². The van der Waals surface area contributed by atoms with E-state index in [0.29, 0.717) is 23.7 Å². The third-order valence-electron chi connectivity index (χ3n) is 5.80. The van der Waals surface area contributed by atoms with Crippen molar-refractivity contribution in [1.82, 2.24) is 4.90 Å². The van der Waals surface area contributed by atoms with Crippen LogP contribution < -0.4 is 9.47 Å². The number of ether oxygens (including phenoxy) is 3. The fraction of sp³-hybridized carbons (Fsp3) is 0.333. The molecular formula is C24H24ClNO6. The highest BCUT2D eigenvalue weighted by molar-refractivity contribution is 6.47. The van der Waals surface area contributed by atoms with Gasteiger partial charge in [-0.05, 0) is 48.7 Å². The summed E-state index contributed by atoms with van der Waals surface area (Å²) in [5.41, 5.74) is 0.826. The standard InChI is InChI=1S/C24H24ClNO6/c1-30-15-6-3-5-14(11-15)21-20(22(27)18-12-16(31-2)8-9-19(18)25)23(28)24(29)26(21)13-17-7-4-10-32-17/h3,5-6,8-9,11-12,17,21,27H,4,7,10,13H2,1-2H3/b22-20+. The van der Waals surface area contributed by atoms with Crippen molar-refractivity contribution in [2.24, 2.45) is 0 Å². The molecule has 32 heavy (non-hydrogen) atoms. The fourth-order valence-corrected chi connectivity index (χ4v) is 4.40. The summed E-state index contributed by atoms with van der Waals surface area (Å²) < 4.78 is 16.3. The van der Waals surface area contributed by atoms with Gasteiger partial charge in [-0.15, -0.1) is 0 Å². The van der Waals surface area contributed by atoms with Crippen molar-refractivity contribution in [2.45, 2.75) is 25.0 Å². The zero-order valence-electron chi connectivity index (χ0n) is 17.8. The molecule has 2 aliphatic rings. The molecule has 1 N–H and O–H groups in total. The lowest BCUT2D eigenvalue weighted by Gasteiger charge is -2.27. The number of hydrogen-bond acceptors (Lipinski definition) is 6. The van der Waals surface area contributed by atoms with Gasteiger partial charge in [0.2, 0.25) is 0 Å². The minimum atomic E-state index is -0.809. The normalized spacial score (nSPS) is 22.4. The van der Waals surface area contributed by atoms with Crippen LogP contribution in [0.4, 0.5) is 0 Å². The van der Waals surface area contributed by atoms with E-state index in [0.717, 1.165) is 12.8 Å². The number of likely N-dealkylation sites (tertiary alicyclic amines) is 1. The van der Waals surface area contributed by atoms with Gasteiger partial charge in [0.1, 0.15) is 17.3 Å². The largest absolute Gasteiger partial charge is 0.507 e. The maximum absolute atomic E-state index is 13.2. The van der Waals surface area contributed by atoms with Crippen LogP contribution in [-0.2, 0) is 14.3 Å². The summed E-state index contributed by atoms with van der Waals surface area (Å²) in [6.45, 7) is 0.868. The second-order valence-electron chi connectivity index (χ2n) is 7.71. The molecule has 0 aromatic heterocycles. The molecule has 2 unspecified atom stereocenters. The highest BCUT2D eigenvalue weighted by Crippen LogP contribution is 2.42. The van der Waals surface area contributed by atoms with Gasteiger partial charge in [-0.2, -0.15) is 0 Å². The van der Waals surface area contributed by atoms with Crippen molar-refractivity contribution in [3.05, 3.63) is 64.2 Å². The first kappa shape index (κ1) is 22.2. The Morgan fingerprint density at radius 3 is 2.59 bits per heavy atom. The van der Waals surface area contributed by atoms with Crippen molar-refractivity contribution in [2.75, 3.05) is 27.4 Å². The van der Waals surface area contributed by atoms with E-state index in [-0.39, 0.29) is 34.6 Å². The van der Waals surface area contributed by atoms with Crippen LogP contribution in [0, 0.1) is 0 Å². The zero-order valence-corrected chi connectivity index (χ0v) is 18.6. The van der Waals surface area contributed by atoms with Crippen molar-refractivity contribution < 1.29 is 28.9 Å². The predicted molar refractivity (Wildman–Crippen MR) is 119 cm³/mol. The molecule has 2 saturated heterocycles. The Hall–Kier alpha value is -3.03. The van der Waals surface area contributed by atoms with Crippen LogP contribution >= 0.6 is 11.6 Å². The smallest absolute Gasteiger partial charge is 0.295 e. The highest BCUT2D eigenvalue weighted by Gasteiger charge is 2.47. The Bertz CT molecular complexity index is 1080. The molecule has 1 amide bonds. The summed E-state index contributed by atoms with van der Waals surface area (Å²) in [6, 6.07) is 11.0. The Labute approximate surface area is 191 Å². The van der Waals surface area contributed by atoms with E-state index in [2.05, 4.69) is 0 Å². The zero-order chi connectivity index (χ0) is 22.8. The van der Waals surface area contributed by atoms with Gasteiger partial charge in [-0.3, -0.25) is 9.59 Å². The van der Waals surface area contributed by atoms with Crippen molar-refractivity contribution >= 4 is 29.1 Å². The summed E-state index contributed by atoms with van der Waals surface area (Å²) in [6.07, 6.45) is 1.54. The number of carbonyl (C=O) groups excluding carboxylic acids is 2. The molecule has 168 valence electrons. The summed E-state index contributed by atoms with van der Waals surface area (Å²) in [4.78, 5) is 27.7. The maximum atomic E-state index is 13.2. The first-order valence-electron chi connectivity index (χ1n) is 10.3. The van der Waals surface area contributed by atoms with Crippen molar-refractivity contribution in [3.8, 4) is 11.5 Å². The Morgan fingerprint density at radius 2 is 1.91 bits per heavy atom. The summed E-state index contributed by atoms with van der Waals surface area (Å²) in [7, 11) is 3.03. The summed E-state index contributed by atoms with van der Waals surface area (Å²) in [5, 5.41) is 11.5. The van der Waals surface area contributed by atoms with Crippen LogP contribution in [0.3, 0.4) is 0 Å². The number of ketones is 1. The second kappa shape index (κ2) is 9.22.